The predicted octanol–water partition coefficient (Wildman–Crippen LogP) is 1.02. The third-order valence-corrected chi connectivity index (χ3v) is 1.59. The summed E-state index contributed by atoms with van der Waals surface area (Å²) in [6.45, 7) is 0. The van der Waals surface area contributed by atoms with E-state index in [-0.39, 0.29) is 0 Å². The molecule has 0 aliphatic heterocycles. The van der Waals surface area contributed by atoms with Gasteiger partial charge >= 0.3 is 0 Å². The van der Waals surface area contributed by atoms with Crippen molar-refractivity contribution in [3.05, 3.63) is 30.8 Å². The molecule has 66 valence electrons. The quantitative estimate of drug-likeness (QED) is 0.527. The number of aromatic nitrogens is 2. The largest absolute Gasteiger partial charge is 0.444 e. The molecule has 5 nitrogen and oxygen atoms in total. The van der Waals surface area contributed by atoms with E-state index in [1.54, 1.807) is 18.5 Å². The molecule has 2 heterocycles. The molecule has 0 spiro atoms. The molecule has 0 amide bonds. The zero-order valence-corrected chi connectivity index (χ0v) is 6.77. The monoisotopic (exact) mass is 176 g/mol. The maximum atomic E-state index is 5.17. The van der Waals surface area contributed by atoms with Gasteiger partial charge in [-0.25, -0.2) is 15.8 Å². The number of hydrogen-bond donors (Lipinski definition) is 2. The molecule has 2 aromatic heterocycles. The van der Waals surface area contributed by atoms with E-state index in [1.807, 2.05) is 6.07 Å². The fourth-order valence-corrected chi connectivity index (χ4v) is 0.972. The Balaban J connectivity index is 2.33. The van der Waals surface area contributed by atoms with Crippen molar-refractivity contribution in [1.82, 2.24) is 9.97 Å². The Kier molecular flexibility index (Phi) is 1.93. The highest BCUT2D eigenvalue weighted by atomic mass is 16.3. The number of nitrogens with zero attached hydrogens (tertiary/aromatic N) is 2. The van der Waals surface area contributed by atoms with Crippen LogP contribution in [-0.2, 0) is 0 Å². The fraction of sp³-hybridized carbons (Fsp3) is 0. The van der Waals surface area contributed by atoms with Crippen LogP contribution in [-0.4, -0.2) is 9.97 Å². The predicted molar refractivity (Wildman–Crippen MR) is 47.5 cm³/mol. The first kappa shape index (κ1) is 7.75. The third kappa shape index (κ3) is 1.50. The molecule has 0 bridgehead atoms. The molecular weight excluding hydrogens is 168 g/mol. The number of anilines is 1. The van der Waals surface area contributed by atoms with Crippen molar-refractivity contribution < 1.29 is 4.42 Å². The molecule has 0 aromatic carbocycles. The first-order valence-electron chi connectivity index (χ1n) is 3.72. The van der Waals surface area contributed by atoms with E-state index in [2.05, 4.69) is 15.4 Å². The minimum Gasteiger partial charge on any atom is -0.444 e. The van der Waals surface area contributed by atoms with Crippen LogP contribution in [0.25, 0.3) is 11.5 Å². The second-order valence-electron chi connectivity index (χ2n) is 2.41. The number of nitrogen functional groups attached to an aromatic ring is 1. The summed E-state index contributed by atoms with van der Waals surface area (Å²) in [6.07, 6.45) is 4.75. The molecule has 3 N–H and O–H groups in total. The van der Waals surface area contributed by atoms with Crippen molar-refractivity contribution in [3.8, 4) is 11.5 Å². The van der Waals surface area contributed by atoms with Crippen molar-refractivity contribution in [2.24, 2.45) is 5.84 Å². The van der Waals surface area contributed by atoms with E-state index in [4.69, 9.17) is 10.3 Å². The Bertz CT molecular complexity index is 368. The second kappa shape index (κ2) is 3.24. The van der Waals surface area contributed by atoms with Gasteiger partial charge in [-0.05, 0) is 12.1 Å². The summed E-state index contributed by atoms with van der Waals surface area (Å²) in [4.78, 5) is 8.00. The van der Waals surface area contributed by atoms with E-state index in [0.29, 0.717) is 11.7 Å². The normalized spacial score (nSPS) is 9.92. The van der Waals surface area contributed by atoms with E-state index < -0.39 is 0 Å². The molecule has 0 saturated heterocycles. The van der Waals surface area contributed by atoms with Crippen LogP contribution in [0.1, 0.15) is 0 Å². The number of oxazole rings is 1. The third-order valence-electron chi connectivity index (χ3n) is 1.59. The van der Waals surface area contributed by atoms with Crippen molar-refractivity contribution in [1.29, 1.82) is 0 Å². The minimum absolute atomic E-state index is 0.552. The van der Waals surface area contributed by atoms with E-state index >= 15 is 0 Å². The number of pyridine rings is 1. The molecule has 0 radical (unpaired) electrons. The van der Waals surface area contributed by atoms with Gasteiger partial charge in [-0.3, -0.25) is 0 Å². The highest BCUT2D eigenvalue weighted by Crippen LogP contribution is 2.16. The molecule has 0 aliphatic carbocycles. The maximum absolute atomic E-state index is 5.17. The van der Waals surface area contributed by atoms with E-state index in [1.165, 1.54) is 6.26 Å². The average Bonchev–Trinajstić information content (AvgIpc) is 2.71. The Morgan fingerprint density at radius 3 is 2.77 bits per heavy atom. The van der Waals surface area contributed by atoms with Gasteiger partial charge in [-0.2, -0.15) is 0 Å². The van der Waals surface area contributed by atoms with Gasteiger partial charge in [0.25, 0.3) is 0 Å². The van der Waals surface area contributed by atoms with Crippen LogP contribution in [0.3, 0.4) is 0 Å². The smallest absolute Gasteiger partial charge is 0.227 e. The lowest BCUT2D eigenvalue weighted by atomic mass is 10.3. The van der Waals surface area contributed by atoms with Gasteiger partial charge in [0.05, 0.1) is 11.8 Å². The molecule has 0 aliphatic rings. The van der Waals surface area contributed by atoms with Crippen LogP contribution in [0.5, 0.6) is 0 Å². The van der Waals surface area contributed by atoms with E-state index in [0.717, 1.165) is 5.56 Å². The molecule has 0 saturated carbocycles. The molecule has 2 aromatic rings. The van der Waals surface area contributed by atoms with Gasteiger partial charge in [0, 0.05) is 6.20 Å². The highest BCUT2D eigenvalue weighted by Gasteiger charge is 2.01. The second-order valence-corrected chi connectivity index (χ2v) is 2.41. The van der Waals surface area contributed by atoms with Crippen LogP contribution >= 0.6 is 0 Å². The molecule has 13 heavy (non-hydrogen) atoms. The van der Waals surface area contributed by atoms with Crippen molar-refractivity contribution >= 4 is 5.82 Å². The van der Waals surface area contributed by atoms with E-state index in [9.17, 15) is 0 Å². The lowest BCUT2D eigenvalue weighted by molar-refractivity contribution is 0.574. The number of rotatable bonds is 2. The van der Waals surface area contributed by atoms with Crippen LogP contribution in [0, 0.1) is 0 Å². The zero-order chi connectivity index (χ0) is 9.10. The first-order chi connectivity index (χ1) is 6.40. The van der Waals surface area contributed by atoms with Gasteiger partial charge in [0.15, 0.2) is 0 Å². The summed E-state index contributed by atoms with van der Waals surface area (Å²) in [5.41, 5.74) is 3.26. The lowest BCUT2D eigenvalue weighted by Crippen LogP contribution is -2.07. The summed E-state index contributed by atoms with van der Waals surface area (Å²) in [5, 5.41) is 0. The van der Waals surface area contributed by atoms with Gasteiger partial charge < -0.3 is 9.84 Å². The Morgan fingerprint density at radius 1 is 1.31 bits per heavy atom. The first-order valence-corrected chi connectivity index (χ1v) is 3.72. The topological polar surface area (TPSA) is 77.0 Å². The molecule has 0 unspecified atom stereocenters. The Hall–Kier alpha value is -1.88. The summed E-state index contributed by atoms with van der Waals surface area (Å²) in [7, 11) is 0. The number of nitrogens with one attached hydrogen (secondary N) is 1. The number of nitrogens with two attached hydrogens (primary N) is 1. The fourth-order valence-electron chi connectivity index (χ4n) is 0.972. The standard InChI is InChI=1S/C8H8N4O/c9-12-7-2-1-6(5-11-7)8-10-3-4-13-8/h1-5H,9H2,(H,11,12). The maximum Gasteiger partial charge on any atom is 0.227 e. The van der Waals surface area contributed by atoms with Crippen LogP contribution < -0.4 is 11.3 Å². The Morgan fingerprint density at radius 2 is 2.23 bits per heavy atom. The Labute approximate surface area is 74.6 Å². The van der Waals surface area contributed by atoms with Crippen LogP contribution in [0.15, 0.2) is 35.2 Å². The number of hydrazine groups is 1. The average molecular weight is 176 g/mol. The van der Waals surface area contributed by atoms with Gasteiger partial charge in [-0.15, -0.1) is 0 Å². The number of hydrogen-bond acceptors (Lipinski definition) is 5. The van der Waals surface area contributed by atoms with Crippen LogP contribution in [0.4, 0.5) is 5.82 Å². The summed E-state index contributed by atoms with van der Waals surface area (Å²) in [5.74, 6) is 6.33. The molecule has 0 atom stereocenters. The SMILES string of the molecule is NNc1ccc(-c2ncco2)cn1. The molecule has 2 rings (SSSR count). The van der Waals surface area contributed by atoms with Crippen molar-refractivity contribution in [2.45, 2.75) is 0 Å². The van der Waals surface area contributed by atoms with Gasteiger partial charge in [0.1, 0.15) is 12.1 Å². The van der Waals surface area contributed by atoms with Crippen molar-refractivity contribution in [3.63, 3.8) is 0 Å². The lowest BCUT2D eigenvalue weighted by Gasteiger charge is -1.98. The summed E-state index contributed by atoms with van der Waals surface area (Å²) in [6, 6.07) is 3.58. The zero-order valence-electron chi connectivity index (χ0n) is 6.77. The van der Waals surface area contributed by atoms with Crippen molar-refractivity contribution in [2.75, 3.05) is 5.43 Å². The minimum atomic E-state index is 0.552. The molecule has 5 heteroatoms. The summed E-state index contributed by atoms with van der Waals surface area (Å²) >= 11 is 0. The van der Waals surface area contributed by atoms with Gasteiger partial charge in [0.2, 0.25) is 5.89 Å². The highest BCUT2D eigenvalue weighted by molar-refractivity contribution is 5.53. The van der Waals surface area contributed by atoms with Gasteiger partial charge in [-0.1, -0.05) is 0 Å². The summed E-state index contributed by atoms with van der Waals surface area (Å²) < 4.78 is 5.09. The van der Waals surface area contributed by atoms with Crippen LogP contribution in [0.2, 0.25) is 0 Å². The molecular formula is C8H8N4O. The molecule has 0 fully saturated rings.